The largest absolute Gasteiger partial charge is 0.444 e. The number of rotatable bonds is 1. The van der Waals surface area contributed by atoms with E-state index in [1.165, 1.54) is 17.0 Å². The fourth-order valence-corrected chi connectivity index (χ4v) is 2.67. The van der Waals surface area contributed by atoms with Crippen LogP contribution in [0.25, 0.3) is 0 Å². The second-order valence-corrected chi connectivity index (χ2v) is 6.78. The second-order valence-electron chi connectivity index (χ2n) is 6.78. The molecule has 6 heteroatoms. The molecule has 1 fully saturated rings. The molecule has 0 aromatic heterocycles. The van der Waals surface area contributed by atoms with Crippen LogP contribution < -0.4 is 5.73 Å². The zero-order chi connectivity index (χ0) is 16.5. The topological polar surface area (TPSA) is 55.6 Å². The number of nitrogens with zero attached hydrogens (tertiary/aromatic N) is 1. The number of nitrogens with two attached hydrogens (primary N) is 1. The molecule has 1 aliphatic heterocycles. The van der Waals surface area contributed by atoms with Crippen LogP contribution >= 0.6 is 0 Å². The average molecular weight is 312 g/mol. The molecule has 2 rings (SSSR count). The van der Waals surface area contributed by atoms with Crippen molar-refractivity contribution in [3.05, 3.63) is 35.4 Å². The first-order valence-electron chi connectivity index (χ1n) is 7.33. The van der Waals surface area contributed by atoms with Crippen molar-refractivity contribution in [1.82, 2.24) is 4.90 Å². The van der Waals surface area contributed by atoms with Crippen LogP contribution in [0.5, 0.6) is 0 Å². The molecule has 1 heterocycles. The summed E-state index contributed by atoms with van der Waals surface area (Å²) in [5.41, 5.74) is 5.91. The Bertz CT molecular complexity index is 537. The number of carbonyl (C=O) groups excluding carboxylic acids is 1. The summed E-state index contributed by atoms with van der Waals surface area (Å²) in [5.74, 6) is -1.46. The third-order valence-electron chi connectivity index (χ3n) is 3.49. The van der Waals surface area contributed by atoms with E-state index in [-0.39, 0.29) is 12.0 Å². The highest BCUT2D eigenvalue weighted by atomic mass is 19.1. The summed E-state index contributed by atoms with van der Waals surface area (Å²) >= 11 is 0. The van der Waals surface area contributed by atoms with Crippen LogP contribution in [0.3, 0.4) is 0 Å². The molecule has 122 valence electrons. The fourth-order valence-electron chi connectivity index (χ4n) is 2.67. The highest BCUT2D eigenvalue weighted by Gasteiger charge is 2.32. The number of halogens is 2. The number of ether oxygens (including phenoxy) is 1. The van der Waals surface area contributed by atoms with Crippen LogP contribution in [-0.4, -0.2) is 35.7 Å². The molecule has 1 aromatic rings. The molecule has 0 radical (unpaired) electrons. The first kappa shape index (κ1) is 16.7. The highest BCUT2D eigenvalue weighted by molar-refractivity contribution is 5.68. The smallest absolute Gasteiger partial charge is 0.410 e. The van der Waals surface area contributed by atoms with Gasteiger partial charge in [0.05, 0.1) is 0 Å². The predicted octanol–water partition coefficient (Wildman–Crippen LogP) is 3.02. The Balaban J connectivity index is 2.15. The molecule has 0 aliphatic carbocycles. The van der Waals surface area contributed by atoms with Gasteiger partial charge in [-0.2, -0.15) is 0 Å². The van der Waals surface area contributed by atoms with Crippen LogP contribution in [-0.2, 0) is 4.74 Å². The molecule has 0 bridgehead atoms. The van der Waals surface area contributed by atoms with Crippen molar-refractivity contribution in [2.24, 2.45) is 5.73 Å². The third-order valence-corrected chi connectivity index (χ3v) is 3.49. The lowest BCUT2D eigenvalue weighted by Crippen LogP contribution is -2.50. The Morgan fingerprint density at radius 1 is 1.23 bits per heavy atom. The van der Waals surface area contributed by atoms with E-state index in [4.69, 9.17) is 10.5 Å². The summed E-state index contributed by atoms with van der Waals surface area (Å²) < 4.78 is 32.1. The highest BCUT2D eigenvalue weighted by Crippen LogP contribution is 2.28. The van der Waals surface area contributed by atoms with Gasteiger partial charge in [-0.15, -0.1) is 0 Å². The first-order chi connectivity index (χ1) is 10.1. The Morgan fingerprint density at radius 3 is 2.36 bits per heavy atom. The van der Waals surface area contributed by atoms with Crippen LogP contribution in [0, 0.1) is 11.6 Å². The molecule has 22 heavy (non-hydrogen) atoms. The molecule has 4 nitrogen and oxygen atoms in total. The van der Waals surface area contributed by atoms with E-state index >= 15 is 0 Å². The van der Waals surface area contributed by atoms with Gasteiger partial charge in [0.25, 0.3) is 0 Å². The maximum Gasteiger partial charge on any atom is 0.410 e. The Labute approximate surface area is 129 Å². The summed E-state index contributed by atoms with van der Waals surface area (Å²) in [6, 6.07) is 3.16. The molecule has 1 aliphatic rings. The minimum atomic E-state index is -0.627. The molecule has 1 amide bonds. The van der Waals surface area contributed by atoms with Crippen LogP contribution in [0.1, 0.15) is 38.7 Å². The van der Waals surface area contributed by atoms with E-state index in [1.807, 2.05) is 0 Å². The monoisotopic (exact) mass is 312 g/mol. The van der Waals surface area contributed by atoms with Crippen LogP contribution in [0.15, 0.2) is 18.2 Å². The lowest BCUT2D eigenvalue weighted by Gasteiger charge is -2.37. The van der Waals surface area contributed by atoms with Gasteiger partial charge in [0, 0.05) is 31.1 Å². The number of carbonyl (C=O) groups is 1. The van der Waals surface area contributed by atoms with Gasteiger partial charge < -0.3 is 15.4 Å². The molecular weight excluding hydrogens is 290 g/mol. The summed E-state index contributed by atoms with van der Waals surface area (Å²) in [6.45, 7) is 6.07. The van der Waals surface area contributed by atoms with Crippen molar-refractivity contribution < 1.29 is 18.3 Å². The molecule has 0 unspecified atom stereocenters. The normalized spacial score (nSPS) is 22.5. The molecule has 0 saturated carbocycles. The maximum atomic E-state index is 13.4. The van der Waals surface area contributed by atoms with E-state index in [0.29, 0.717) is 25.1 Å². The average Bonchev–Trinajstić information content (AvgIpc) is 2.34. The van der Waals surface area contributed by atoms with Crippen LogP contribution in [0.2, 0.25) is 0 Å². The van der Waals surface area contributed by atoms with E-state index in [1.54, 1.807) is 20.8 Å². The van der Waals surface area contributed by atoms with Crippen LogP contribution in [0.4, 0.5) is 13.6 Å². The van der Waals surface area contributed by atoms with Gasteiger partial charge in [-0.3, -0.25) is 0 Å². The molecule has 2 N–H and O–H groups in total. The quantitative estimate of drug-likeness (QED) is 0.867. The van der Waals surface area contributed by atoms with Crippen molar-refractivity contribution >= 4 is 6.09 Å². The van der Waals surface area contributed by atoms with Crippen molar-refractivity contribution in [2.45, 2.75) is 44.8 Å². The van der Waals surface area contributed by atoms with E-state index < -0.39 is 23.3 Å². The minimum Gasteiger partial charge on any atom is -0.444 e. The van der Waals surface area contributed by atoms with E-state index in [2.05, 4.69) is 0 Å². The number of benzene rings is 1. The number of hydrogen-bond acceptors (Lipinski definition) is 3. The lowest BCUT2D eigenvalue weighted by molar-refractivity contribution is 0.0180. The van der Waals surface area contributed by atoms with E-state index in [0.717, 1.165) is 6.07 Å². The van der Waals surface area contributed by atoms with Gasteiger partial charge in [0.2, 0.25) is 0 Å². The van der Waals surface area contributed by atoms with Crippen molar-refractivity contribution in [3.63, 3.8) is 0 Å². The van der Waals surface area contributed by atoms with Crippen molar-refractivity contribution in [2.75, 3.05) is 13.1 Å². The van der Waals surface area contributed by atoms with Crippen molar-refractivity contribution in [3.8, 4) is 0 Å². The SMILES string of the molecule is CC(C)(C)OC(=O)N1C[C@H](N)C[C@@H](c2cc(F)cc(F)c2)C1. The van der Waals surface area contributed by atoms with Gasteiger partial charge in [-0.05, 0) is 44.9 Å². The number of piperidine rings is 1. The predicted molar refractivity (Wildman–Crippen MR) is 79.5 cm³/mol. The summed E-state index contributed by atoms with van der Waals surface area (Å²) in [6.07, 6.45) is 0.117. The van der Waals surface area contributed by atoms with Gasteiger partial charge >= 0.3 is 6.09 Å². The van der Waals surface area contributed by atoms with Gasteiger partial charge in [-0.1, -0.05) is 0 Å². The lowest BCUT2D eigenvalue weighted by atomic mass is 9.88. The number of likely N-dealkylation sites (tertiary alicyclic amines) is 1. The zero-order valence-corrected chi connectivity index (χ0v) is 13.1. The number of hydrogen-bond donors (Lipinski definition) is 1. The fraction of sp³-hybridized carbons (Fsp3) is 0.562. The zero-order valence-electron chi connectivity index (χ0n) is 13.1. The summed E-state index contributed by atoms with van der Waals surface area (Å²) in [5, 5.41) is 0. The maximum absolute atomic E-state index is 13.4. The molecular formula is C16H22F2N2O2. The second kappa shape index (κ2) is 6.20. The standard InChI is InChI=1S/C16H22F2N2O2/c1-16(2,3)22-15(21)20-8-11(6-14(19)9-20)10-4-12(17)7-13(18)5-10/h4-5,7,11,14H,6,8-9,19H2,1-3H3/t11-,14-/m1/s1. The molecule has 1 saturated heterocycles. The first-order valence-corrected chi connectivity index (χ1v) is 7.33. The molecule has 2 atom stereocenters. The summed E-state index contributed by atoms with van der Waals surface area (Å²) in [7, 11) is 0. The van der Waals surface area contributed by atoms with Gasteiger partial charge in [0.15, 0.2) is 0 Å². The van der Waals surface area contributed by atoms with Gasteiger partial charge in [-0.25, -0.2) is 13.6 Å². The minimum absolute atomic E-state index is 0.207. The number of amides is 1. The third kappa shape index (κ3) is 4.40. The Morgan fingerprint density at radius 2 is 1.82 bits per heavy atom. The Hall–Kier alpha value is -1.69. The van der Waals surface area contributed by atoms with Gasteiger partial charge in [0.1, 0.15) is 17.2 Å². The van der Waals surface area contributed by atoms with Crippen molar-refractivity contribution in [1.29, 1.82) is 0 Å². The summed E-state index contributed by atoms with van der Waals surface area (Å²) in [4.78, 5) is 13.7. The molecule has 1 aromatic carbocycles. The van der Waals surface area contributed by atoms with E-state index in [9.17, 15) is 13.6 Å². The molecule has 0 spiro atoms. The Kier molecular flexibility index (Phi) is 4.70.